The van der Waals surface area contributed by atoms with Gasteiger partial charge in [0.1, 0.15) is 10.6 Å². The summed E-state index contributed by atoms with van der Waals surface area (Å²) in [6.07, 6.45) is 0. The molecule has 2 aromatic carbocycles. The SMILES string of the molecule is COC(=O)c1cccc(OS(=O)(=O)c2ccccc2Br)c1. The van der Waals surface area contributed by atoms with E-state index in [0.29, 0.717) is 4.47 Å². The van der Waals surface area contributed by atoms with Crippen LogP contribution in [0.1, 0.15) is 10.4 Å². The predicted octanol–water partition coefficient (Wildman–Crippen LogP) is 3.00. The molecule has 2 aromatic rings. The molecule has 21 heavy (non-hydrogen) atoms. The van der Waals surface area contributed by atoms with Gasteiger partial charge in [-0.25, -0.2) is 4.79 Å². The molecule has 0 N–H and O–H groups in total. The Kier molecular flexibility index (Phi) is 4.64. The van der Waals surface area contributed by atoms with Crippen LogP contribution < -0.4 is 4.18 Å². The lowest BCUT2D eigenvalue weighted by molar-refractivity contribution is 0.0600. The van der Waals surface area contributed by atoms with E-state index in [-0.39, 0.29) is 16.2 Å². The van der Waals surface area contributed by atoms with Gasteiger partial charge >= 0.3 is 16.1 Å². The van der Waals surface area contributed by atoms with Gasteiger partial charge in [0.15, 0.2) is 0 Å². The van der Waals surface area contributed by atoms with Gasteiger partial charge in [0.2, 0.25) is 0 Å². The molecular weight excluding hydrogens is 360 g/mol. The summed E-state index contributed by atoms with van der Waals surface area (Å²) in [6, 6.07) is 12.1. The molecule has 110 valence electrons. The molecule has 7 heteroatoms. The molecule has 0 saturated heterocycles. The number of ether oxygens (including phenoxy) is 1. The topological polar surface area (TPSA) is 69.7 Å². The summed E-state index contributed by atoms with van der Waals surface area (Å²) in [4.78, 5) is 11.4. The molecule has 0 heterocycles. The molecule has 0 spiro atoms. The van der Waals surface area contributed by atoms with Crippen LogP contribution in [0.25, 0.3) is 0 Å². The third-order valence-electron chi connectivity index (χ3n) is 2.57. The van der Waals surface area contributed by atoms with Gasteiger partial charge in [0.25, 0.3) is 0 Å². The molecular formula is C14H11BrO5S. The Morgan fingerprint density at radius 1 is 1.10 bits per heavy atom. The normalized spacial score (nSPS) is 11.0. The number of halogens is 1. The highest BCUT2D eigenvalue weighted by atomic mass is 79.9. The van der Waals surface area contributed by atoms with E-state index < -0.39 is 16.1 Å². The van der Waals surface area contributed by atoms with Crippen LogP contribution in [-0.2, 0) is 14.9 Å². The maximum atomic E-state index is 12.2. The van der Waals surface area contributed by atoms with Gasteiger partial charge in [-0.15, -0.1) is 0 Å². The number of carbonyl (C=O) groups excluding carboxylic acids is 1. The molecule has 2 rings (SSSR count). The monoisotopic (exact) mass is 370 g/mol. The van der Waals surface area contributed by atoms with Crippen molar-refractivity contribution in [3.8, 4) is 5.75 Å². The zero-order valence-corrected chi connectivity index (χ0v) is 13.3. The lowest BCUT2D eigenvalue weighted by Gasteiger charge is -2.09. The van der Waals surface area contributed by atoms with Gasteiger partial charge in [-0.2, -0.15) is 8.42 Å². The average Bonchev–Trinajstić information content (AvgIpc) is 2.46. The molecule has 5 nitrogen and oxygen atoms in total. The number of carbonyl (C=O) groups is 1. The average molecular weight is 371 g/mol. The van der Waals surface area contributed by atoms with Crippen molar-refractivity contribution in [2.24, 2.45) is 0 Å². The van der Waals surface area contributed by atoms with Crippen LogP contribution in [0, 0.1) is 0 Å². The van der Waals surface area contributed by atoms with E-state index in [2.05, 4.69) is 20.7 Å². The minimum atomic E-state index is -3.99. The van der Waals surface area contributed by atoms with Crippen molar-refractivity contribution < 1.29 is 22.1 Å². The second-order valence-corrected chi connectivity index (χ2v) is 6.36. The van der Waals surface area contributed by atoms with Gasteiger partial charge in [0.05, 0.1) is 12.7 Å². The molecule has 0 unspecified atom stereocenters. The van der Waals surface area contributed by atoms with Crippen LogP contribution in [0.4, 0.5) is 0 Å². The third-order valence-corrected chi connectivity index (χ3v) is 4.83. The summed E-state index contributed by atoms with van der Waals surface area (Å²) in [5.74, 6) is -0.535. The van der Waals surface area contributed by atoms with E-state index >= 15 is 0 Å². The molecule has 0 atom stereocenters. The summed E-state index contributed by atoms with van der Waals surface area (Å²) < 4.78 is 34.4. The molecule has 0 bridgehead atoms. The second kappa shape index (κ2) is 6.28. The van der Waals surface area contributed by atoms with Crippen LogP contribution in [-0.4, -0.2) is 21.5 Å². The van der Waals surface area contributed by atoms with Crippen molar-refractivity contribution in [2.45, 2.75) is 4.90 Å². The van der Waals surface area contributed by atoms with E-state index in [1.54, 1.807) is 18.2 Å². The lowest BCUT2D eigenvalue weighted by atomic mass is 10.2. The number of hydrogen-bond donors (Lipinski definition) is 0. The largest absolute Gasteiger partial charge is 0.465 e. The van der Waals surface area contributed by atoms with E-state index in [9.17, 15) is 13.2 Å². The van der Waals surface area contributed by atoms with Crippen LogP contribution in [0.2, 0.25) is 0 Å². The van der Waals surface area contributed by atoms with Gasteiger partial charge in [0, 0.05) is 4.47 Å². The van der Waals surface area contributed by atoms with Crippen molar-refractivity contribution in [3.05, 3.63) is 58.6 Å². The standard InChI is InChI=1S/C14H11BrO5S/c1-19-14(16)10-5-4-6-11(9-10)20-21(17,18)13-8-3-2-7-12(13)15/h2-9H,1H3. The van der Waals surface area contributed by atoms with Gasteiger partial charge in [-0.1, -0.05) is 18.2 Å². The van der Waals surface area contributed by atoms with Crippen LogP contribution in [0.5, 0.6) is 5.75 Å². The molecule has 0 amide bonds. The Bertz CT molecular complexity index is 770. The lowest BCUT2D eigenvalue weighted by Crippen LogP contribution is -2.11. The van der Waals surface area contributed by atoms with Gasteiger partial charge in [-0.3, -0.25) is 0 Å². The smallest absolute Gasteiger partial charge is 0.340 e. The molecule has 0 aliphatic rings. The molecule has 0 fully saturated rings. The fraction of sp³-hybridized carbons (Fsp3) is 0.0714. The molecule has 0 radical (unpaired) electrons. The highest BCUT2D eigenvalue weighted by Gasteiger charge is 2.20. The number of hydrogen-bond acceptors (Lipinski definition) is 5. The molecule has 0 saturated carbocycles. The Hall–Kier alpha value is -1.86. The Morgan fingerprint density at radius 3 is 2.48 bits per heavy atom. The molecule has 0 aliphatic carbocycles. The van der Waals surface area contributed by atoms with Crippen molar-refractivity contribution in [1.82, 2.24) is 0 Å². The van der Waals surface area contributed by atoms with Crippen LogP contribution in [0.15, 0.2) is 57.9 Å². The Labute approximate surface area is 130 Å². The minimum absolute atomic E-state index is 0.00784. The minimum Gasteiger partial charge on any atom is -0.465 e. The van der Waals surface area contributed by atoms with E-state index in [1.807, 2.05) is 0 Å². The third kappa shape index (κ3) is 3.62. The Morgan fingerprint density at radius 2 is 1.81 bits per heavy atom. The van der Waals surface area contributed by atoms with Crippen molar-refractivity contribution in [1.29, 1.82) is 0 Å². The van der Waals surface area contributed by atoms with Crippen molar-refractivity contribution in [2.75, 3.05) is 7.11 Å². The number of benzene rings is 2. The molecule has 0 aliphatic heterocycles. The number of esters is 1. The predicted molar refractivity (Wildman–Crippen MR) is 79.7 cm³/mol. The maximum absolute atomic E-state index is 12.2. The first-order chi connectivity index (χ1) is 9.94. The summed E-state index contributed by atoms with van der Waals surface area (Å²) in [5.41, 5.74) is 0.206. The van der Waals surface area contributed by atoms with Gasteiger partial charge < -0.3 is 8.92 Å². The van der Waals surface area contributed by atoms with E-state index in [1.165, 1.54) is 37.4 Å². The highest BCUT2D eigenvalue weighted by Crippen LogP contribution is 2.25. The van der Waals surface area contributed by atoms with Crippen LogP contribution >= 0.6 is 15.9 Å². The number of methoxy groups -OCH3 is 1. The maximum Gasteiger partial charge on any atom is 0.340 e. The summed E-state index contributed by atoms with van der Waals surface area (Å²) in [6.45, 7) is 0. The zero-order chi connectivity index (χ0) is 15.5. The quantitative estimate of drug-likeness (QED) is 0.611. The van der Waals surface area contributed by atoms with Crippen molar-refractivity contribution in [3.63, 3.8) is 0 Å². The first kappa shape index (κ1) is 15.5. The van der Waals surface area contributed by atoms with Gasteiger partial charge in [-0.05, 0) is 46.3 Å². The van der Waals surface area contributed by atoms with E-state index in [4.69, 9.17) is 4.18 Å². The summed E-state index contributed by atoms with van der Waals surface area (Å²) >= 11 is 3.16. The van der Waals surface area contributed by atoms with Crippen molar-refractivity contribution >= 4 is 32.0 Å². The summed E-state index contributed by atoms with van der Waals surface area (Å²) in [7, 11) is -2.75. The first-order valence-electron chi connectivity index (χ1n) is 5.81. The fourth-order valence-corrected chi connectivity index (χ4v) is 3.49. The number of rotatable bonds is 4. The van der Waals surface area contributed by atoms with Crippen LogP contribution in [0.3, 0.4) is 0 Å². The second-order valence-electron chi connectivity index (χ2n) is 3.99. The fourth-order valence-electron chi connectivity index (χ4n) is 1.61. The molecule has 0 aromatic heterocycles. The summed E-state index contributed by atoms with van der Waals surface area (Å²) in [5, 5.41) is 0. The van der Waals surface area contributed by atoms with E-state index in [0.717, 1.165) is 0 Å². The first-order valence-corrected chi connectivity index (χ1v) is 8.01. The highest BCUT2D eigenvalue weighted by molar-refractivity contribution is 9.10. The zero-order valence-electron chi connectivity index (χ0n) is 10.9. The Balaban J connectivity index is 2.34.